The van der Waals surface area contributed by atoms with Crippen molar-refractivity contribution in [3.05, 3.63) is 48.5 Å². The van der Waals surface area contributed by atoms with Crippen molar-refractivity contribution in [2.24, 2.45) is 0 Å². The smallest absolute Gasteiger partial charge is 0.416 e. The van der Waals surface area contributed by atoms with Gasteiger partial charge >= 0.3 is 8.15 Å². The fourth-order valence-corrected chi connectivity index (χ4v) is 4.69. The Kier molecular flexibility index (Phi) is 11.4. The molecule has 0 saturated carbocycles. The Hall–Kier alpha value is -1.89. The molecule has 2 aromatic rings. The first-order valence-corrected chi connectivity index (χ1v) is 11.7. The fourth-order valence-electron chi connectivity index (χ4n) is 2.21. The van der Waals surface area contributed by atoms with E-state index in [-0.39, 0.29) is 25.4 Å². The van der Waals surface area contributed by atoms with Gasteiger partial charge in [0.25, 0.3) is 0 Å². The van der Waals surface area contributed by atoms with Gasteiger partial charge < -0.3 is 15.3 Å². The van der Waals surface area contributed by atoms with Crippen molar-refractivity contribution in [2.75, 3.05) is 0 Å². The van der Waals surface area contributed by atoms with Crippen molar-refractivity contribution in [3.63, 3.8) is 0 Å². The van der Waals surface area contributed by atoms with E-state index in [0.717, 1.165) is 11.7 Å². The second kappa shape index (κ2) is 13.3. The van der Waals surface area contributed by atoms with Crippen molar-refractivity contribution in [2.45, 2.75) is 45.4 Å². The summed E-state index contributed by atoms with van der Waals surface area (Å²) in [7, 11) is -0.516. The summed E-state index contributed by atoms with van der Waals surface area (Å²) >= 11 is 0. The number of unbranched alkanes of at least 4 members (excludes halogenated alkanes) is 5. The highest BCUT2D eigenvalue weighted by molar-refractivity contribution is 8.18. The maximum atomic E-state index is 11.2. The largest absolute Gasteiger partial charge is 0.508 e. The Bertz CT molecular complexity index is 646. The number of phenolic OH excluding ortho intramolecular Hbond substituents is 3. The summed E-state index contributed by atoms with van der Waals surface area (Å²) in [6.45, 7) is 2.21. The molecule has 0 aromatic heterocycles. The van der Waals surface area contributed by atoms with Gasteiger partial charge in [-0.25, -0.2) is 4.57 Å². The summed E-state index contributed by atoms with van der Waals surface area (Å²) in [6, 6.07) is 12.7. The van der Waals surface area contributed by atoms with Gasteiger partial charge in [0.2, 0.25) is 7.23 Å². The van der Waals surface area contributed by atoms with Crippen molar-refractivity contribution in [3.8, 4) is 17.2 Å². The molecule has 140 valence electrons. The van der Waals surface area contributed by atoms with Gasteiger partial charge in [0.1, 0.15) is 23.0 Å². The normalized spacial score (nSPS) is 11.0. The van der Waals surface area contributed by atoms with Crippen LogP contribution in [0.2, 0.25) is 0 Å². The van der Waals surface area contributed by atoms with Crippen LogP contribution in [-0.2, 0) is 4.57 Å². The monoisotopic (exact) mass is 393 g/mol. The Morgan fingerprint density at radius 2 is 1.27 bits per heavy atom. The zero-order valence-electron chi connectivity index (χ0n) is 15.1. The van der Waals surface area contributed by atoms with E-state index in [2.05, 4.69) is 12.7 Å². The molecule has 0 spiro atoms. The molecule has 1 atom stereocenters. The lowest BCUT2D eigenvalue weighted by atomic mass is 10.1. The van der Waals surface area contributed by atoms with Crippen LogP contribution in [0.15, 0.2) is 48.5 Å². The molecule has 0 aliphatic heterocycles. The first-order chi connectivity index (χ1) is 12.6. The van der Waals surface area contributed by atoms with Crippen LogP contribution in [0.3, 0.4) is 0 Å². The molecule has 0 aliphatic rings. The summed E-state index contributed by atoms with van der Waals surface area (Å²) in [4.78, 5) is 0. The van der Waals surface area contributed by atoms with E-state index in [9.17, 15) is 9.67 Å². The molecule has 4 nitrogen and oxygen atoms in total. The Morgan fingerprint density at radius 3 is 1.73 bits per heavy atom. The predicted molar refractivity (Wildman–Crippen MR) is 111 cm³/mol. The van der Waals surface area contributed by atoms with Gasteiger partial charge in [-0.15, -0.1) is 0 Å². The van der Waals surface area contributed by atoms with Crippen molar-refractivity contribution in [1.29, 1.82) is 0 Å². The van der Waals surface area contributed by atoms with E-state index < -0.39 is 7.23 Å². The third-order valence-electron chi connectivity index (χ3n) is 3.66. The van der Waals surface area contributed by atoms with E-state index in [0.29, 0.717) is 0 Å². The molecule has 1 unspecified atom stereocenters. The molecular formula is C20H27O4P2+. The van der Waals surface area contributed by atoms with Gasteiger partial charge in [-0.3, -0.25) is 0 Å². The SMILES string of the molecule is CCCCCCCC=[P+](P=O)c1ccc(O)cc1.Oc1ccc(O)cc1. The first-order valence-electron chi connectivity index (χ1n) is 8.79. The molecular weight excluding hydrogens is 366 g/mol. The first kappa shape index (κ1) is 22.2. The molecule has 26 heavy (non-hydrogen) atoms. The lowest BCUT2D eigenvalue weighted by Gasteiger charge is -1.95. The minimum atomic E-state index is -0.710. The maximum Gasteiger partial charge on any atom is 0.416 e. The van der Waals surface area contributed by atoms with Crippen LogP contribution in [0.1, 0.15) is 45.4 Å². The van der Waals surface area contributed by atoms with Gasteiger partial charge in [-0.1, -0.05) is 32.6 Å². The molecule has 0 aliphatic carbocycles. The topological polar surface area (TPSA) is 77.8 Å². The summed E-state index contributed by atoms with van der Waals surface area (Å²) in [6.07, 6.45) is 7.36. The molecule has 0 bridgehead atoms. The zero-order chi connectivity index (χ0) is 19.2. The quantitative estimate of drug-likeness (QED) is 0.293. The summed E-state index contributed by atoms with van der Waals surface area (Å²) in [5.74, 6) is 2.78. The number of rotatable bonds is 8. The summed E-state index contributed by atoms with van der Waals surface area (Å²) < 4.78 is 11.2. The number of aromatic hydroxyl groups is 3. The molecule has 0 heterocycles. The van der Waals surface area contributed by atoms with E-state index in [1.54, 1.807) is 12.1 Å². The number of phenols is 3. The molecule has 0 amide bonds. The Balaban J connectivity index is 0.000000350. The maximum absolute atomic E-state index is 11.2. The second-order valence-electron chi connectivity index (χ2n) is 5.84. The minimum absolute atomic E-state index is 0.169. The Labute approximate surface area is 158 Å². The van der Waals surface area contributed by atoms with Crippen LogP contribution in [0, 0.1) is 0 Å². The average molecular weight is 393 g/mol. The number of benzene rings is 2. The van der Waals surface area contributed by atoms with Gasteiger partial charge in [-0.2, -0.15) is 0 Å². The highest BCUT2D eigenvalue weighted by Crippen LogP contribution is 2.36. The van der Waals surface area contributed by atoms with Crippen LogP contribution in [0.25, 0.3) is 0 Å². The van der Waals surface area contributed by atoms with Crippen molar-refractivity contribution in [1.82, 2.24) is 0 Å². The van der Waals surface area contributed by atoms with Crippen LogP contribution >= 0.6 is 15.4 Å². The lowest BCUT2D eigenvalue weighted by molar-refractivity contribution is 0.460. The lowest BCUT2D eigenvalue weighted by Crippen LogP contribution is -1.93. The zero-order valence-corrected chi connectivity index (χ0v) is 16.9. The van der Waals surface area contributed by atoms with E-state index in [1.807, 2.05) is 12.1 Å². The van der Waals surface area contributed by atoms with Crippen LogP contribution in [-0.4, -0.2) is 21.1 Å². The summed E-state index contributed by atoms with van der Waals surface area (Å²) in [5, 5.41) is 27.6. The highest BCUT2D eigenvalue weighted by atomic mass is 32.0. The van der Waals surface area contributed by atoms with Gasteiger partial charge in [-0.05, 0) is 55.0 Å². The Morgan fingerprint density at radius 1 is 0.808 bits per heavy atom. The molecule has 2 aromatic carbocycles. The predicted octanol–water partition coefficient (Wildman–Crippen LogP) is 5.97. The molecule has 2 rings (SSSR count). The fraction of sp³-hybridized carbons (Fsp3) is 0.350. The van der Waals surface area contributed by atoms with Crippen molar-refractivity contribution < 1.29 is 19.9 Å². The van der Waals surface area contributed by atoms with Gasteiger partial charge in [0.15, 0.2) is 5.30 Å². The molecule has 0 saturated heterocycles. The molecule has 0 radical (unpaired) electrons. The van der Waals surface area contributed by atoms with Crippen LogP contribution < -0.4 is 5.30 Å². The standard InChI is InChI=1S/C14H20O2P2.C6H6O2/c1-2-3-4-5-6-7-12-18(17-16)14-10-8-13(15)9-11-14;7-5-1-2-6(8)4-3-5/h8-12H,2-7H2,1H3;1-4,7-8H/p+1. The van der Waals surface area contributed by atoms with E-state index >= 15 is 0 Å². The van der Waals surface area contributed by atoms with Crippen molar-refractivity contribution >= 4 is 26.5 Å². The van der Waals surface area contributed by atoms with Crippen LogP contribution in [0.5, 0.6) is 17.2 Å². The second-order valence-corrected chi connectivity index (χ2v) is 9.36. The third kappa shape index (κ3) is 9.56. The average Bonchev–Trinajstić information content (AvgIpc) is 2.65. The molecule has 0 fully saturated rings. The number of hydrogen-bond acceptors (Lipinski definition) is 4. The highest BCUT2D eigenvalue weighted by Gasteiger charge is 2.14. The molecule has 6 heteroatoms. The van der Waals surface area contributed by atoms with E-state index in [4.69, 9.17) is 10.2 Å². The van der Waals surface area contributed by atoms with Crippen LogP contribution in [0.4, 0.5) is 0 Å². The van der Waals surface area contributed by atoms with E-state index in [1.165, 1.54) is 56.4 Å². The number of hydrogen-bond donors (Lipinski definition) is 3. The van der Waals surface area contributed by atoms with Gasteiger partial charge in [0, 0.05) is 6.42 Å². The molecule has 3 N–H and O–H groups in total. The third-order valence-corrected chi connectivity index (χ3v) is 6.98. The summed E-state index contributed by atoms with van der Waals surface area (Å²) in [5.41, 5.74) is 0. The van der Waals surface area contributed by atoms with Gasteiger partial charge in [0.05, 0.1) is 0 Å². The minimum Gasteiger partial charge on any atom is -0.508 e.